The number of thioether (sulfide) groups is 1. The van der Waals surface area contributed by atoms with Crippen molar-refractivity contribution in [1.82, 2.24) is 5.32 Å². The van der Waals surface area contributed by atoms with Gasteiger partial charge >= 0.3 is 0 Å². The molecule has 0 aromatic rings. The van der Waals surface area contributed by atoms with Gasteiger partial charge in [0.1, 0.15) is 0 Å². The summed E-state index contributed by atoms with van der Waals surface area (Å²) in [5.74, 6) is 2.21. The lowest BCUT2D eigenvalue weighted by atomic mass is 9.87. The maximum atomic E-state index is 5.38. The van der Waals surface area contributed by atoms with Gasteiger partial charge in [-0.2, -0.15) is 11.8 Å². The average Bonchev–Trinajstić information content (AvgIpc) is 2.36. The highest BCUT2D eigenvalue weighted by molar-refractivity contribution is 7.99. The highest BCUT2D eigenvalue weighted by atomic mass is 32.2. The molecule has 1 aliphatic heterocycles. The van der Waals surface area contributed by atoms with Gasteiger partial charge in [0.25, 0.3) is 0 Å². The van der Waals surface area contributed by atoms with Crippen LogP contribution in [0.2, 0.25) is 0 Å². The molecule has 0 spiro atoms. The van der Waals surface area contributed by atoms with Crippen LogP contribution in [0.5, 0.6) is 0 Å². The van der Waals surface area contributed by atoms with Gasteiger partial charge < -0.3 is 10.1 Å². The molecule has 2 nitrogen and oxygen atoms in total. The van der Waals surface area contributed by atoms with Gasteiger partial charge in [-0.15, -0.1) is 0 Å². The summed E-state index contributed by atoms with van der Waals surface area (Å²) in [7, 11) is 0. The Hall–Kier alpha value is 0.270. The van der Waals surface area contributed by atoms with Gasteiger partial charge in [-0.3, -0.25) is 0 Å². The Morgan fingerprint density at radius 3 is 2.76 bits per heavy atom. The van der Waals surface area contributed by atoms with E-state index in [4.69, 9.17) is 4.74 Å². The van der Waals surface area contributed by atoms with Crippen LogP contribution in [0.1, 0.15) is 45.4 Å². The van der Waals surface area contributed by atoms with E-state index in [0.717, 1.165) is 30.4 Å². The van der Waals surface area contributed by atoms with Crippen molar-refractivity contribution in [3.8, 4) is 0 Å². The largest absolute Gasteiger partial charge is 0.381 e. The molecule has 3 heteroatoms. The van der Waals surface area contributed by atoms with Crippen LogP contribution in [0, 0.1) is 5.92 Å². The lowest BCUT2D eigenvalue weighted by molar-refractivity contribution is 0.100. The Kier molecular flexibility index (Phi) is 6.16. The SMILES string of the molecule is CC1CCCC(NCCSC2CCOCC2)C1. The normalized spacial score (nSPS) is 31.6. The molecule has 2 aliphatic rings. The van der Waals surface area contributed by atoms with Crippen molar-refractivity contribution >= 4 is 11.8 Å². The Balaban J connectivity index is 1.50. The molecule has 1 N–H and O–H groups in total. The maximum absolute atomic E-state index is 5.38. The molecule has 0 radical (unpaired) electrons. The van der Waals surface area contributed by atoms with Crippen molar-refractivity contribution < 1.29 is 4.74 Å². The smallest absolute Gasteiger partial charge is 0.0476 e. The fourth-order valence-electron chi connectivity index (χ4n) is 2.95. The zero-order valence-electron chi connectivity index (χ0n) is 11.1. The molecule has 2 rings (SSSR count). The van der Waals surface area contributed by atoms with E-state index in [1.807, 2.05) is 0 Å². The molecule has 2 fully saturated rings. The molecule has 1 aliphatic carbocycles. The van der Waals surface area contributed by atoms with E-state index in [1.54, 1.807) is 0 Å². The summed E-state index contributed by atoms with van der Waals surface area (Å²) >= 11 is 2.14. The second kappa shape index (κ2) is 7.65. The third-order valence-electron chi connectivity index (χ3n) is 3.99. The Morgan fingerprint density at radius 2 is 2.00 bits per heavy atom. The summed E-state index contributed by atoms with van der Waals surface area (Å²) in [5, 5.41) is 4.60. The lowest BCUT2D eigenvalue weighted by Gasteiger charge is -2.28. The van der Waals surface area contributed by atoms with Crippen LogP contribution >= 0.6 is 11.8 Å². The monoisotopic (exact) mass is 257 g/mol. The summed E-state index contributed by atoms with van der Waals surface area (Å²) in [6.45, 7) is 5.54. The fraction of sp³-hybridized carbons (Fsp3) is 1.00. The molecule has 2 atom stereocenters. The van der Waals surface area contributed by atoms with Crippen LogP contribution in [0.25, 0.3) is 0 Å². The van der Waals surface area contributed by atoms with Gasteiger partial charge in [-0.05, 0) is 31.6 Å². The summed E-state index contributed by atoms with van der Waals surface area (Å²) in [6, 6.07) is 0.800. The van der Waals surface area contributed by atoms with E-state index in [9.17, 15) is 0 Å². The summed E-state index contributed by atoms with van der Waals surface area (Å²) in [4.78, 5) is 0. The minimum absolute atomic E-state index is 0.800. The van der Waals surface area contributed by atoms with Crippen LogP contribution in [0.4, 0.5) is 0 Å². The maximum Gasteiger partial charge on any atom is 0.0476 e. The van der Waals surface area contributed by atoms with Crippen LogP contribution in [0.3, 0.4) is 0 Å². The van der Waals surface area contributed by atoms with Crippen molar-refractivity contribution in [2.45, 2.75) is 56.7 Å². The third kappa shape index (κ3) is 5.19. The molecule has 100 valence electrons. The molecule has 17 heavy (non-hydrogen) atoms. The topological polar surface area (TPSA) is 21.3 Å². The van der Waals surface area contributed by atoms with E-state index in [0.29, 0.717) is 0 Å². The molecule has 0 aromatic heterocycles. The minimum Gasteiger partial charge on any atom is -0.381 e. The van der Waals surface area contributed by atoms with Crippen molar-refractivity contribution in [2.75, 3.05) is 25.5 Å². The Bertz CT molecular complexity index is 206. The third-order valence-corrected chi connectivity index (χ3v) is 5.38. The molecule has 1 heterocycles. The molecule has 0 amide bonds. The van der Waals surface area contributed by atoms with E-state index in [1.165, 1.54) is 50.8 Å². The van der Waals surface area contributed by atoms with E-state index < -0.39 is 0 Å². The van der Waals surface area contributed by atoms with E-state index in [2.05, 4.69) is 24.0 Å². The predicted octanol–water partition coefficient (Wildman–Crippen LogP) is 3.07. The summed E-state index contributed by atoms with van der Waals surface area (Å²) < 4.78 is 5.38. The first-order chi connectivity index (χ1) is 8.34. The van der Waals surface area contributed by atoms with Crippen LogP contribution in [0.15, 0.2) is 0 Å². The van der Waals surface area contributed by atoms with Crippen molar-refractivity contribution in [2.24, 2.45) is 5.92 Å². The molecule has 0 aromatic carbocycles. The highest BCUT2D eigenvalue weighted by Crippen LogP contribution is 2.24. The van der Waals surface area contributed by atoms with Gasteiger partial charge in [0.15, 0.2) is 0 Å². The zero-order valence-corrected chi connectivity index (χ0v) is 11.9. The number of hydrogen-bond acceptors (Lipinski definition) is 3. The van der Waals surface area contributed by atoms with Gasteiger partial charge in [-0.25, -0.2) is 0 Å². The molecular formula is C14H27NOS. The average molecular weight is 257 g/mol. The summed E-state index contributed by atoms with van der Waals surface area (Å²) in [6.07, 6.45) is 8.16. The molecule has 0 bridgehead atoms. The Labute approximate surface area is 110 Å². The first-order valence-electron chi connectivity index (χ1n) is 7.27. The van der Waals surface area contributed by atoms with Gasteiger partial charge in [0.05, 0.1) is 0 Å². The first-order valence-corrected chi connectivity index (χ1v) is 8.32. The van der Waals surface area contributed by atoms with Crippen LogP contribution in [-0.2, 0) is 4.74 Å². The van der Waals surface area contributed by atoms with Crippen molar-refractivity contribution in [1.29, 1.82) is 0 Å². The minimum atomic E-state index is 0.800. The molecule has 1 saturated carbocycles. The molecule has 2 unspecified atom stereocenters. The zero-order chi connectivity index (χ0) is 11.9. The number of nitrogens with one attached hydrogen (secondary N) is 1. The summed E-state index contributed by atoms with van der Waals surface area (Å²) in [5.41, 5.74) is 0. The number of ether oxygens (including phenoxy) is 1. The van der Waals surface area contributed by atoms with Crippen molar-refractivity contribution in [3.63, 3.8) is 0 Å². The highest BCUT2D eigenvalue weighted by Gasteiger charge is 2.18. The standard InChI is InChI=1S/C14H27NOS/c1-12-3-2-4-13(11-12)15-7-10-17-14-5-8-16-9-6-14/h12-15H,2-11H2,1H3. The van der Waals surface area contributed by atoms with Crippen LogP contribution in [-0.4, -0.2) is 36.8 Å². The molecular weight excluding hydrogens is 230 g/mol. The van der Waals surface area contributed by atoms with Gasteiger partial charge in [-0.1, -0.05) is 19.8 Å². The lowest BCUT2D eigenvalue weighted by Crippen LogP contribution is -2.35. The number of hydrogen-bond donors (Lipinski definition) is 1. The number of rotatable bonds is 5. The Morgan fingerprint density at radius 1 is 1.18 bits per heavy atom. The second-order valence-electron chi connectivity index (χ2n) is 5.61. The second-order valence-corrected chi connectivity index (χ2v) is 7.01. The van der Waals surface area contributed by atoms with E-state index >= 15 is 0 Å². The first kappa shape index (κ1) is 13.7. The van der Waals surface area contributed by atoms with Crippen molar-refractivity contribution in [3.05, 3.63) is 0 Å². The van der Waals surface area contributed by atoms with Gasteiger partial charge in [0.2, 0.25) is 0 Å². The predicted molar refractivity (Wildman–Crippen MR) is 75.7 cm³/mol. The molecule has 1 saturated heterocycles. The van der Waals surface area contributed by atoms with Crippen LogP contribution < -0.4 is 5.32 Å². The van der Waals surface area contributed by atoms with E-state index in [-0.39, 0.29) is 0 Å². The van der Waals surface area contributed by atoms with Gasteiger partial charge in [0, 0.05) is 36.8 Å². The fourth-order valence-corrected chi connectivity index (χ4v) is 4.05. The quantitative estimate of drug-likeness (QED) is 0.765.